The Hall–Kier alpha value is -0.770. The largest absolute Gasteiger partial charge is 0.392 e. The number of aliphatic hydroxyl groups excluding tert-OH is 1. The summed E-state index contributed by atoms with van der Waals surface area (Å²) in [4.78, 5) is 13.1. The zero-order valence-corrected chi connectivity index (χ0v) is 11.1. The molecule has 1 atom stereocenters. The van der Waals surface area contributed by atoms with Gasteiger partial charge in [0.05, 0.1) is 6.10 Å². The lowest BCUT2D eigenvalue weighted by atomic mass is 10.0. The fourth-order valence-electron chi connectivity index (χ4n) is 2.50. The minimum atomic E-state index is -0.468. The van der Waals surface area contributed by atoms with Crippen LogP contribution in [0.3, 0.4) is 0 Å². The van der Waals surface area contributed by atoms with Crippen molar-refractivity contribution in [1.29, 1.82) is 0 Å². The van der Waals surface area contributed by atoms with Crippen molar-refractivity contribution in [3.63, 3.8) is 0 Å². The number of hydrogen-bond acceptors (Lipinski definition) is 2. The molecule has 17 heavy (non-hydrogen) atoms. The zero-order chi connectivity index (χ0) is 12.7. The first-order valence-electron chi connectivity index (χ1n) is 6.76. The van der Waals surface area contributed by atoms with Gasteiger partial charge in [0, 0.05) is 20.1 Å². The van der Waals surface area contributed by atoms with Crippen molar-refractivity contribution < 1.29 is 9.90 Å². The Morgan fingerprint density at radius 2 is 2.12 bits per heavy atom. The van der Waals surface area contributed by atoms with Crippen molar-refractivity contribution in [1.82, 2.24) is 10.2 Å². The molecule has 0 saturated heterocycles. The highest BCUT2D eigenvalue weighted by Gasteiger charge is 2.14. The molecule has 4 heteroatoms. The second-order valence-corrected chi connectivity index (χ2v) is 5.25. The molecule has 0 heterocycles. The Kier molecular flexibility index (Phi) is 6.34. The van der Waals surface area contributed by atoms with Crippen LogP contribution in [0.1, 0.15) is 45.4 Å². The summed E-state index contributed by atoms with van der Waals surface area (Å²) in [5, 5.41) is 12.1. The van der Waals surface area contributed by atoms with E-state index in [2.05, 4.69) is 5.32 Å². The second kappa shape index (κ2) is 7.54. The molecule has 0 spiro atoms. The Balaban J connectivity index is 2.02. The third-order valence-corrected chi connectivity index (χ3v) is 3.42. The summed E-state index contributed by atoms with van der Waals surface area (Å²) in [6.45, 7) is 2.82. The van der Waals surface area contributed by atoms with Crippen molar-refractivity contribution in [3.05, 3.63) is 0 Å². The average Bonchev–Trinajstić information content (AvgIpc) is 2.75. The second-order valence-electron chi connectivity index (χ2n) is 5.25. The van der Waals surface area contributed by atoms with Gasteiger partial charge in [-0.05, 0) is 25.7 Å². The SMILES string of the molecule is CC(O)CN(C)C(=O)NCCCC1CCCC1. The van der Waals surface area contributed by atoms with Crippen LogP contribution in [0.4, 0.5) is 4.79 Å². The van der Waals surface area contributed by atoms with Crippen molar-refractivity contribution >= 4 is 6.03 Å². The van der Waals surface area contributed by atoms with Gasteiger partial charge in [-0.15, -0.1) is 0 Å². The Bertz CT molecular complexity index is 225. The van der Waals surface area contributed by atoms with Crippen LogP contribution < -0.4 is 5.32 Å². The molecular formula is C13H26N2O2. The number of aliphatic hydroxyl groups is 1. The van der Waals surface area contributed by atoms with Crippen molar-refractivity contribution in [2.45, 2.75) is 51.6 Å². The number of amides is 2. The molecule has 0 aromatic carbocycles. The van der Waals surface area contributed by atoms with E-state index in [1.807, 2.05) is 0 Å². The number of nitrogens with one attached hydrogen (secondary N) is 1. The van der Waals surface area contributed by atoms with Crippen LogP contribution >= 0.6 is 0 Å². The number of rotatable bonds is 6. The van der Waals surface area contributed by atoms with E-state index in [-0.39, 0.29) is 6.03 Å². The average molecular weight is 242 g/mol. The Morgan fingerprint density at radius 3 is 2.71 bits per heavy atom. The van der Waals surface area contributed by atoms with Crippen molar-refractivity contribution in [2.75, 3.05) is 20.1 Å². The normalized spacial score (nSPS) is 18.1. The number of urea groups is 1. The maximum Gasteiger partial charge on any atom is 0.317 e. The van der Waals surface area contributed by atoms with Gasteiger partial charge in [-0.25, -0.2) is 4.79 Å². The Labute approximate surface area is 104 Å². The standard InChI is InChI=1S/C13H26N2O2/c1-11(16)10-15(2)13(17)14-9-5-8-12-6-3-4-7-12/h11-12,16H,3-10H2,1-2H3,(H,14,17). The summed E-state index contributed by atoms with van der Waals surface area (Å²) >= 11 is 0. The number of carbonyl (C=O) groups excluding carboxylic acids is 1. The predicted octanol–water partition coefficient (Wildman–Crippen LogP) is 1.98. The van der Waals surface area contributed by atoms with E-state index in [1.165, 1.54) is 37.0 Å². The fourth-order valence-corrected chi connectivity index (χ4v) is 2.50. The molecule has 2 amide bonds. The van der Waals surface area contributed by atoms with E-state index < -0.39 is 6.10 Å². The molecule has 2 N–H and O–H groups in total. The van der Waals surface area contributed by atoms with Gasteiger partial charge in [0.25, 0.3) is 0 Å². The van der Waals surface area contributed by atoms with Gasteiger partial charge in [-0.3, -0.25) is 0 Å². The van der Waals surface area contributed by atoms with Gasteiger partial charge in [-0.2, -0.15) is 0 Å². The quantitative estimate of drug-likeness (QED) is 0.700. The molecule has 1 aliphatic rings. The predicted molar refractivity (Wildman–Crippen MR) is 68.9 cm³/mol. The number of hydrogen-bond donors (Lipinski definition) is 2. The first-order valence-corrected chi connectivity index (χ1v) is 6.76. The van der Waals surface area contributed by atoms with Crippen LogP contribution in [-0.2, 0) is 0 Å². The van der Waals surface area contributed by atoms with Gasteiger partial charge in [0.2, 0.25) is 0 Å². The maximum absolute atomic E-state index is 11.6. The molecule has 0 bridgehead atoms. The van der Waals surface area contributed by atoms with E-state index >= 15 is 0 Å². The first-order chi connectivity index (χ1) is 8.09. The summed E-state index contributed by atoms with van der Waals surface area (Å²) in [5.41, 5.74) is 0. The molecule has 4 nitrogen and oxygen atoms in total. The highest BCUT2D eigenvalue weighted by Crippen LogP contribution is 2.28. The van der Waals surface area contributed by atoms with Crippen LogP contribution in [-0.4, -0.2) is 42.3 Å². The van der Waals surface area contributed by atoms with Crippen LogP contribution in [0.15, 0.2) is 0 Å². The summed E-state index contributed by atoms with van der Waals surface area (Å²) in [6, 6.07) is -0.0858. The lowest BCUT2D eigenvalue weighted by Crippen LogP contribution is -2.41. The van der Waals surface area contributed by atoms with Crippen LogP contribution in [0.5, 0.6) is 0 Å². The molecule has 1 rings (SSSR count). The first kappa shape index (κ1) is 14.3. The van der Waals surface area contributed by atoms with Gasteiger partial charge in [-0.1, -0.05) is 25.7 Å². The lowest BCUT2D eigenvalue weighted by molar-refractivity contribution is 0.144. The van der Waals surface area contributed by atoms with E-state index in [0.29, 0.717) is 6.54 Å². The summed E-state index contributed by atoms with van der Waals surface area (Å²) in [5.74, 6) is 0.891. The van der Waals surface area contributed by atoms with E-state index in [0.717, 1.165) is 18.9 Å². The molecule has 1 saturated carbocycles. The highest BCUT2D eigenvalue weighted by molar-refractivity contribution is 5.73. The molecule has 0 radical (unpaired) electrons. The maximum atomic E-state index is 11.6. The van der Waals surface area contributed by atoms with Gasteiger partial charge in [0.15, 0.2) is 0 Å². The van der Waals surface area contributed by atoms with Crippen molar-refractivity contribution in [3.8, 4) is 0 Å². The smallest absolute Gasteiger partial charge is 0.317 e. The Morgan fingerprint density at radius 1 is 1.47 bits per heavy atom. The van der Waals surface area contributed by atoms with Crippen molar-refractivity contribution in [2.24, 2.45) is 5.92 Å². The summed E-state index contributed by atoms with van der Waals surface area (Å²) < 4.78 is 0. The molecule has 100 valence electrons. The van der Waals surface area contributed by atoms with Gasteiger partial charge >= 0.3 is 6.03 Å². The third kappa shape index (κ3) is 5.91. The van der Waals surface area contributed by atoms with E-state index in [9.17, 15) is 4.79 Å². The van der Waals surface area contributed by atoms with E-state index in [1.54, 1.807) is 14.0 Å². The van der Waals surface area contributed by atoms with Crippen LogP contribution in [0.25, 0.3) is 0 Å². The number of nitrogens with zero attached hydrogens (tertiary/aromatic N) is 1. The number of carbonyl (C=O) groups is 1. The zero-order valence-electron chi connectivity index (χ0n) is 11.1. The fraction of sp³-hybridized carbons (Fsp3) is 0.923. The molecule has 1 fully saturated rings. The lowest BCUT2D eigenvalue weighted by Gasteiger charge is -2.19. The minimum Gasteiger partial charge on any atom is -0.392 e. The monoisotopic (exact) mass is 242 g/mol. The topological polar surface area (TPSA) is 52.6 Å². The molecule has 0 aliphatic heterocycles. The minimum absolute atomic E-state index is 0.0858. The molecule has 1 aliphatic carbocycles. The summed E-state index contributed by atoms with van der Waals surface area (Å²) in [7, 11) is 1.71. The number of likely N-dealkylation sites (N-methyl/N-ethyl adjacent to an activating group) is 1. The third-order valence-electron chi connectivity index (χ3n) is 3.42. The molecular weight excluding hydrogens is 216 g/mol. The molecule has 0 aromatic rings. The van der Waals surface area contributed by atoms with Gasteiger partial charge < -0.3 is 15.3 Å². The summed E-state index contributed by atoms with van der Waals surface area (Å²) in [6.07, 6.45) is 7.34. The molecule has 1 unspecified atom stereocenters. The highest BCUT2D eigenvalue weighted by atomic mass is 16.3. The van der Waals surface area contributed by atoms with E-state index in [4.69, 9.17) is 5.11 Å². The van der Waals surface area contributed by atoms with Gasteiger partial charge in [0.1, 0.15) is 0 Å². The van der Waals surface area contributed by atoms with Crippen LogP contribution in [0.2, 0.25) is 0 Å². The van der Waals surface area contributed by atoms with Crippen LogP contribution in [0, 0.1) is 5.92 Å². The molecule has 0 aromatic heterocycles.